The lowest BCUT2D eigenvalue weighted by molar-refractivity contribution is -0.137. The summed E-state index contributed by atoms with van der Waals surface area (Å²) in [5.74, 6) is 2.03. The van der Waals surface area contributed by atoms with Crippen LogP contribution in [0.25, 0.3) is 22.2 Å². The summed E-state index contributed by atoms with van der Waals surface area (Å²) in [6.07, 6.45) is -4.23. The molecule has 17 heteroatoms. The van der Waals surface area contributed by atoms with Crippen molar-refractivity contribution in [2.24, 2.45) is 0 Å². The number of rotatable bonds is 13. The van der Waals surface area contributed by atoms with Gasteiger partial charge in [-0.25, -0.2) is 9.78 Å². The van der Waals surface area contributed by atoms with E-state index >= 15 is 0 Å². The number of amides is 1. The second kappa shape index (κ2) is 17.7. The number of anilines is 2. The average molecular weight is 836 g/mol. The van der Waals surface area contributed by atoms with Gasteiger partial charge in [-0.15, -0.1) is 0 Å². The fourth-order valence-electron chi connectivity index (χ4n) is 7.57. The molecule has 312 valence electrons. The van der Waals surface area contributed by atoms with E-state index in [1.807, 2.05) is 65.4 Å². The van der Waals surface area contributed by atoms with Gasteiger partial charge in [-0.2, -0.15) is 23.1 Å². The number of carbonyl (C=O) groups is 1. The molecule has 2 aliphatic heterocycles. The molecule has 1 amide bonds. The molecule has 0 aliphatic carbocycles. The molecule has 0 spiro atoms. The summed E-state index contributed by atoms with van der Waals surface area (Å²) < 4.78 is 61.5. The first-order chi connectivity index (χ1) is 28.3. The number of piperazine rings is 1. The van der Waals surface area contributed by atoms with Crippen molar-refractivity contribution in [3.05, 3.63) is 94.5 Å². The normalized spacial score (nSPS) is 17.4. The van der Waals surface area contributed by atoms with Crippen LogP contribution in [-0.2, 0) is 19.3 Å². The molecule has 2 atom stereocenters. The Morgan fingerprint density at radius 2 is 1.47 bits per heavy atom. The molecule has 2 N–H and O–H groups in total. The van der Waals surface area contributed by atoms with Crippen molar-refractivity contribution in [2.45, 2.75) is 44.2 Å². The molecule has 2 aromatic heterocycles. The van der Waals surface area contributed by atoms with E-state index < -0.39 is 17.8 Å². The molecule has 3 aromatic carbocycles. The summed E-state index contributed by atoms with van der Waals surface area (Å²) >= 11 is 6.95. The summed E-state index contributed by atoms with van der Waals surface area (Å²) in [5.41, 5.74) is 0.679. The maximum absolute atomic E-state index is 14.9. The lowest BCUT2D eigenvalue weighted by Crippen LogP contribution is -2.48. The van der Waals surface area contributed by atoms with E-state index in [1.165, 1.54) is 23.1 Å². The van der Waals surface area contributed by atoms with Crippen LogP contribution >= 0.6 is 11.6 Å². The number of fused-ring (bicyclic) bond motifs is 1. The number of halogens is 4. The zero-order chi connectivity index (χ0) is 41.8. The molecule has 5 aromatic rings. The first kappa shape index (κ1) is 41.6. The molecular weight excluding hydrogens is 791 g/mol. The highest BCUT2D eigenvalue weighted by Gasteiger charge is 2.36. The van der Waals surface area contributed by atoms with Crippen molar-refractivity contribution >= 4 is 40.2 Å². The van der Waals surface area contributed by atoms with Crippen LogP contribution < -0.4 is 24.0 Å². The van der Waals surface area contributed by atoms with Crippen molar-refractivity contribution in [1.29, 1.82) is 0 Å². The number of benzene rings is 3. The van der Waals surface area contributed by atoms with E-state index in [0.717, 1.165) is 30.0 Å². The Morgan fingerprint density at radius 3 is 2.02 bits per heavy atom. The van der Waals surface area contributed by atoms with Crippen LogP contribution in [0.15, 0.2) is 72.8 Å². The molecule has 2 aliphatic rings. The van der Waals surface area contributed by atoms with E-state index in [9.17, 15) is 28.2 Å². The third-order valence-corrected chi connectivity index (χ3v) is 11.3. The summed E-state index contributed by atoms with van der Waals surface area (Å²) in [7, 11) is 5.06. The Kier molecular flexibility index (Phi) is 12.5. The van der Waals surface area contributed by atoms with Gasteiger partial charge < -0.3 is 39.1 Å². The molecule has 2 fully saturated rings. The SMILES string of the molecule is COc1ccc(CN(Cc2ccc(OC)cc2)c2ccc(C(F)(F)F)c(-c3cc4nc(OCC5CCC(CO)N5C)nc(N5CCN(C(=O)O)CC5)c4cc3Cl)n2)cc1. The molecular formula is C42H45ClF3N7O6. The van der Waals surface area contributed by atoms with E-state index in [-0.39, 0.29) is 72.0 Å². The number of methoxy groups -OCH3 is 2. The van der Waals surface area contributed by atoms with Crippen molar-refractivity contribution in [1.82, 2.24) is 24.8 Å². The summed E-state index contributed by atoms with van der Waals surface area (Å²) in [4.78, 5) is 33.0. The average Bonchev–Trinajstić information content (AvgIpc) is 3.60. The van der Waals surface area contributed by atoms with E-state index in [0.29, 0.717) is 48.9 Å². The lowest BCUT2D eigenvalue weighted by Gasteiger charge is -2.34. The van der Waals surface area contributed by atoms with Gasteiger partial charge in [0.05, 0.1) is 42.6 Å². The number of hydrogen-bond acceptors (Lipinski definition) is 11. The number of pyridine rings is 1. The number of likely N-dealkylation sites (N-methyl/N-ethyl adjacent to an activating group) is 1. The van der Waals surface area contributed by atoms with E-state index in [1.54, 1.807) is 14.2 Å². The number of aliphatic hydroxyl groups is 1. The number of aromatic nitrogens is 3. The molecule has 0 bridgehead atoms. The van der Waals surface area contributed by atoms with Gasteiger partial charge >= 0.3 is 18.3 Å². The molecule has 13 nitrogen and oxygen atoms in total. The van der Waals surface area contributed by atoms with Gasteiger partial charge in [0.2, 0.25) is 0 Å². The van der Waals surface area contributed by atoms with Crippen LogP contribution in [0.4, 0.5) is 29.6 Å². The number of hydrogen-bond donors (Lipinski definition) is 2. The van der Waals surface area contributed by atoms with Crippen LogP contribution in [0, 0.1) is 0 Å². The Bertz CT molecular complexity index is 2210. The second-order valence-corrected chi connectivity index (χ2v) is 15.0. The minimum Gasteiger partial charge on any atom is -0.497 e. The smallest absolute Gasteiger partial charge is 0.418 e. The van der Waals surface area contributed by atoms with Crippen LogP contribution in [-0.4, -0.2) is 114 Å². The molecule has 2 saturated heterocycles. The fraction of sp³-hybridized carbons (Fsp3) is 0.381. The van der Waals surface area contributed by atoms with Crippen molar-refractivity contribution in [3.63, 3.8) is 0 Å². The third kappa shape index (κ3) is 9.34. The van der Waals surface area contributed by atoms with Crippen molar-refractivity contribution in [3.8, 4) is 28.8 Å². The number of carboxylic acid groups (broad SMARTS) is 1. The van der Waals surface area contributed by atoms with Gasteiger partial charge in [0, 0.05) is 62.3 Å². The van der Waals surface area contributed by atoms with Crippen LogP contribution in [0.1, 0.15) is 29.5 Å². The van der Waals surface area contributed by atoms with Gasteiger partial charge in [-0.05, 0) is 79.5 Å². The van der Waals surface area contributed by atoms with Gasteiger partial charge in [0.15, 0.2) is 0 Å². The predicted molar refractivity (Wildman–Crippen MR) is 218 cm³/mol. The number of alkyl halides is 3. The molecule has 4 heterocycles. The molecule has 0 saturated carbocycles. The zero-order valence-corrected chi connectivity index (χ0v) is 33.6. The summed E-state index contributed by atoms with van der Waals surface area (Å²) in [6.45, 7) is 1.89. The Labute approximate surface area is 344 Å². The number of ether oxygens (including phenoxy) is 3. The lowest BCUT2D eigenvalue weighted by atomic mass is 10.0. The highest BCUT2D eigenvalue weighted by molar-refractivity contribution is 6.34. The topological polar surface area (TPSA) is 137 Å². The second-order valence-electron chi connectivity index (χ2n) is 14.6. The quantitative estimate of drug-likeness (QED) is 0.124. The van der Waals surface area contributed by atoms with E-state index in [2.05, 4.69) is 9.88 Å². The third-order valence-electron chi connectivity index (χ3n) is 11.0. The molecule has 0 radical (unpaired) electrons. The summed E-state index contributed by atoms with van der Waals surface area (Å²) in [5, 5.41) is 19.8. The molecule has 59 heavy (non-hydrogen) atoms. The first-order valence-electron chi connectivity index (χ1n) is 19.1. The highest BCUT2D eigenvalue weighted by Crippen LogP contribution is 2.42. The minimum atomic E-state index is -4.79. The first-order valence-corrected chi connectivity index (χ1v) is 19.5. The van der Waals surface area contributed by atoms with Gasteiger partial charge in [0.25, 0.3) is 0 Å². The van der Waals surface area contributed by atoms with Gasteiger partial charge in [0.1, 0.15) is 29.7 Å². The zero-order valence-electron chi connectivity index (χ0n) is 32.8. The fourth-order valence-corrected chi connectivity index (χ4v) is 7.82. The maximum atomic E-state index is 14.9. The standard InChI is InChI=1S/C42H45ClF3N7O6/c1-50-28(24-54)8-9-29(50)25-59-40-47-36-21-32(35(43)20-33(36)39(49-40)51-16-18-52(19-17-51)41(55)56)38-34(42(44,45)46)14-15-37(48-38)53(22-26-4-10-30(57-2)11-5-26)23-27-6-12-31(58-3)13-7-27/h4-7,10-15,20-21,28-29,54H,8-9,16-19,22-25H2,1-3H3,(H,55,56). The Morgan fingerprint density at radius 1 is 0.864 bits per heavy atom. The Hall–Kier alpha value is -5.58. The monoisotopic (exact) mass is 835 g/mol. The summed E-state index contributed by atoms with van der Waals surface area (Å²) in [6, 6.07) is 20.2. The van der Waals surface area contributed by atoms with E-state index in [4.69, 9.17) is 35.8 Å². The van der Waals surface area contributed by atoms with Crippen LogP contribution in [0.5, 0.6) is 17.5 Å². The van der Waals surface area contributed by atoms with Crippen molar-refractivity contribution < 1.29 is 42.4 Å². The van der Waals surface area contributed by atoms with Crippen molar-refractivity contribution in [2.75, 3.05) is 70.5 Å². The van der Waals surface area contributed by atoms with Gasteiger partial charge in [-0.1, -0.05) is 35.9 Å². The number of likely N-dealkylation sites (tertiary alicyclic amines) is 1. The number of aliphatic hydroxyl groups excluding tert-OH is 1. The highest BCUT2D eigenvalue weighted by atomic mass is 35.5. The van der Waals surface area contributed by atoms with Crippen LogP contribution in [0.2, 0.25) is 5.02 Å². The predicted octanol–water partition coefficient (Wildman–Crippen LogP) is 7.22. The van der Waals surface area contributed by atoms with Gasteiger partial charge in [-0.3, -0.25) is 4.90 Å². The number of nitrogens with zero attached hydrogens (tertiary/aromatic N) is 7. The molecule has 2 unspecified atom stereocenters. The Balaban J connectivity index is 1.31. The molecule has 7 rings (SSSR count). The minimum absolute atomic E-state index is 0.00125. The largest absolute Gasteiger partial charge is 0.497 e. The van der Waals surface area contributed by atoms with Crippen LogP contribution in [0.3, 0.4) is 0 Å². The maximum Gasteiger partial charge on any atom is 0.418 e.